The molecule has 2 N–H and O–H groups in total. The van der Waals surface area contributed by atoms with Crippen molar-refractivity contribution in [2.75, 3.05) is 6.61 Å². The van der Waals surface area contributed by atoms with Crippen LogP contribution in [0.3, 0.4) is 0 Å². The van der Waals surface area contributed by atoms with Gasteiger partial charge in [0.05, 0.1) is 6.10 Å². The van der Waals surface area contributed by atoms with Crippen molar-refractivity contribution in [3.05, 3.63) is 0 Å². The summed E-state index contributed by atoms with van der Waals surface area (Å²) < 4.78 is 30.0. The Hall–Kier alpha value is -0.0626. The molecule has 0 amide bonds. The molecule has 9 atom stereocenters. The molecule has 31 heavy (non-hydrogen) atoms. The van der Waals surface area contributed by atoms with Crippen molar-refractivity contribution < 1.29 is 56.8 Å². The number of ketones is 2. The van der Waals surface area contributed by atoms with Crippen molar-refractivity contribution in [2.24, 2.45) is 34.5 Å². The largest absolute Gasteiger partial charge is 1.00 e. The Bertz CT molecular complexity index is 805. The summed E-state index contributed by atoms with van der Waals surface area (Å²) in [4.78, 5) is 37.7. The molecule has 0 saturated heterocycles. The average molecular weight is 452 g/mol. The number of aliphatic hydroxyl groups excluding tert-OH is 2. The summed E-state index contributed by atoms with van der Waals surface area (Å²) in [5, 5.41) is 19.7. The summed E-state index contributed by atoms with van der Waals surface area (Å²) in [5.74, 6) is -1.10. The van der Waals surface area contributed by atoms with Gasteiger partial charge in [0.1, 0.15) is 18.0 Å². The zero-order valence-electron chi connectivity index (χ0n) is 18.5. The van der Waals surface area contributed by atoms with Crippen LogP contribution in [0.15, 0.2) is 0 Å². The minimum absolute atomic E-state index is 0. The van der Waals surface area contributed by atoms with E-state index < -0.39 is 31.3 Å². The standard InChI is InChI=1S/C21H32FO7P.Li/c1-19-7-5-13(24)9-12(19)3-4-14-15-6-8-21(17(26)11-23,29-30(22,27)28)20(15,2)10-16(25)18(14)19;/h12-15,18,23-24H,3-11H2,1-2H3,(H,27,28);/q;+1/p-1/t12-,13-,14+,15+,18-,19+,20+,21+;/m1./s1. The molecule has 4 fully saturated rings. The van der Waals surface area contributed by atoms with E-state index in [0.717, 1.165) is 19.3 Å². The molecule has 0 radical (unpaired) electrons. The number of fused-ring (bicyclic) bond motifs is 5. The molecule has 0 spiro atoms. The van der Waals surface area contributed by atoms with Gasteiger partial charge in [-0.15, -0.1) is 0 Å². The van der Waals surface area contributed by atoms with E-state index in [0.29, 0.717) is 19.3 Å². The number of carbonyl (C=O) groups is 2. The van der Waals surface area contributed by atoms with Crippen molar-refractivity contribution >= 4 is 19.5 Å². The van der Waals surface area contributed by atoms with Crippen LogP contribution in [0.5, 0.6) is 0 Å². The molecule has 170 valence electrons. The topological polar surface area (TPSA) is 124 Å². The molecule has 0 aliphatic heterocycles. The average Bonchev–Trinajstić information content (AvgIpc) is 2.92. The molecule has 0 heterocycles. The Balaban J connectivity index is 0.00000272. The molecule has 0 aromatic carbocycles. The summed E-state index contributed by atoms with van der Waals surface area (Å²) >= 11 is 0. The number of carbonyl (C=O) groups excluding carboxylic acids is 2. The van der Waals surface area contributed by atoms with Gasteiger partial charge in [-0.05, 0) is 68.1 Å². The molecule has 0 bridgehead atoms. The van der Waals surface area contributed by atoms with Gasteiger partial charge in [0.25, 0.3) is 0 Å². The van der Waals surface area contributed by atoms with Gasteiger partial charge in [-0.2, -0.15) is 4.20 Å². The predicted octanol–water partition coefficient (Wildman–Crippen LogP) is -0.672. The molecule has 4 rings (SSSR count). The van der Waals surface area contributed by atoms with E-state index in [1.54, 1.807) is 6.92 Å². The Morgan fingerprint density at radius 3 is 2.55 bits per heavy atom. The normalized spacial score (nSPS) is 48.6. The van der Waals surface area contributed by atoms with Crippen LogP contribution in [0, 0.1) is 34.5 Å². The molecule has 0 aromatic heterocycles. The minimum atomic E-state index is -5.77. The van der Waals surface area contributed by atoms with E-state index >= 15 is 0 Å². The first-order valence-electron chi connectivity index (χ1n) is 10.9. The first-order chi connectivity index (χ1) is 13.9. The van der Waals surface area contributed by atoms with Crippen LogP contribution in [0.4, 0.5) is 4.20 Å². The van der Waals surface area contributed by atoms with E-state index in [4.69, 9.17) is 4.52 Å². The zero-order chi connectivity index (χ0) is 22.1. The quantitative estimate of drug-likeness (QED) is 0.428. The SMILES string of the molecule is C[C@]12CC[C@@H](O)C[C@H]1CC[C@@H]1[C@@H]2C(=O)C[C@@]2(C)[C@H]1CC[C@]2(OP(=O)([O-])F)C(=O)CO.[Li+]. The van der Waals surface area contributed by atoms with Gasteiger partial charge in [-0.3, -0.25) is 18.7 Å². The number of rotatable bonds is 4. The molecule has 7 nitrogen and oxygen atoms in total. The number of hydrogen-bond donors (Lipinski definition) is 2. The number of aliphatic hydroxyl groups is 2. The van der Waals surface area contributed by atoms with Crippen molar-refractivity contribution in [3.63, 3.8) is 0 Å². The second-order valence-electron chi connectivity index (χ2n) is 10.5. The molecular weight excluding hydrogens is 421 g/mol. The molecule has 4 aliphatic rings. The molecule has 4 aliphatic carbocycles. The van der Waals surface area contributed by atoms with Gasteiger partial charge in [-0.25, -0.2) is 0 Å². The summed E-state index contributed by atoms with van der Waals surface area (Å²) in [6.45, 7) is 2.81. The second-order valence-corrected chi connectivity index (χ2v) is 11.5. The van der Waals surface area contributed by atoms with Gasteiger partial charge in [0.2, 0.25) is 0 Å². The molecule has 4 saturated carbocycles. The number of hydrogen-bond acceptors (Lipinski definition) is 7. The third-order valence-corrected chi connectivity index (χ3v) is 9.83. The summed E-state index contributed by atoms with van der Waals surface area (Å²) in [7, 11) is -5.77. The fraction of sp³-hybridized carbons (Fsp3) is 0.905. The molecular formula is C21H31FLiO7P. The fourth-order valence-electron chi connectivity index (χ4n) is 8.01. The van der Waals surface area contributed by atoms with Crippen LogP contribution in [-0.4, -0.2) is 40.1 Å². The van der Waals surface area contributed by atoms with Crippen LogP contribution >= 0.6 is 7.91 Å². The van der Waals surface area contributed by atoms with Crippen LogP contribution in [0.2, 0.25) is 0 Å². The molecule has 1 unspecified atom stereocenters. The van der Waals surface area contributed by atoms with Crippen molar-refractivity contribution in [1.29, 1.82) is 0 Å². The van der Waals surface area contributed by atoms with Gasteiger partial charge in [0.15, 0.2) is 5.78 Å². The van der Waals surface area contributed by atoms with Crippen molar-refractivity contribution in [1.82, 2.24) is 0 Å². The minimum Gasteiger partial charge on any atom is -0.753 e. The van der Waals surface area contributed by atoms with Gasteiger partial charge in [0, 0.05) is 17.8 Å². The first kappa shape index (κ1) is 25.6. The summed E-state index contributed by atoms with van der Waals surface area (Å²) in [6, 6.07) is 0. The Kier molecular flexibility index (Phi) is 6.85. The number of Topliss-reactive ketones (excluding diaryl/α,β-unsaturated/α-hetero) is 2. The third-order valence-electron chi connectivity index (χ3n) is 9.30. The van der Waals surface area contributed by atoms with Gasteiger partial charge >= 0.3 is 26.8 Å². The van der Waals surface area contributed by atoms with E-state index in [1.807, 2.05) is 0 Å². The fourth-order valence-corrected chi connectivity index (χ4v) is 8.78. The predicted molar refractivity (Wildman–Crippen MR) is 103 cm³/mol. The second kappa shape index (κ2) is 8.31. The Morgan fingerprint density at radius 2 is 1.94 bits per heavy atom. The van der Waals surface area contributed by atoms with Gasteiger partial charge < -0.3 is 15.1 Å². The van der Waals surface area contributed by atoms with E-state index in [1.165, 1.54) is 0 Å². The molecule has 0 aromatic rings. The van der Waals surface area contributed by atoms with Crippen LogP contribution < -0.4 is 23.8 Å². The van der Waals surface area contributed by atoms with E-state index in [9.17, 15) is 33.5 Å². The summed E-state index contributed by atoms with van der Waals surface area (Å²) in [6.07, 6.45) is 3.71. The maximum atomic E-state index is 13.7. The molecule has 10 heteroatoms. The van der Waals surface area contributed by atoms with E-state index in [-0.39, 0.29) is 72.7 Å². The smallest absolute Gasteiger partial charge is 0.753 e. The van der Waals surface area contributed by atoms with Crippen molar-refractivity contribution in [3.8, 4) is 0 Å². The Labute approximate surface area is 194 Å². The third kappa shape index (κ3) is 3.75. The van der Waals surface area contributed by atoms with Crippen molar-refractivity contribution in [2.45, 2.75) is 76.9 Å². The monoisotopic (exact) mass is 452 g/mol. The summed E-state index contributed by atoms with van der Waals surface area (Å²) in [5.41, 5.74) is -3.46. The Morgan fingerprint density at radius 1 is 1.26 bits per heavy atom. The maximum absolute atomic E-state index is 13.7. The van der Waals surface area contributed by atoms with Crippen LogP contribution in [0.25, 0.3) is 0 Å². The van der Waals surface area contributed by atoms with Gasteiger partial charge in [-0.1, -0.05) is 13.8 Å². The maximum Gasteiger partial charge on any atom is 1.00 e. The van der Waals surface area contributed by atoms with E-state index in [2.05, 4.69) is 6.92 Å². The zero-order valence-corrected chi connectivity index (χ0v) is 19.4. The van der Waals surface area contributed by atoms with Crippen LogP contribution in [-0.2, 0) is 18.7 Å². The number of halogens is 1. The van der Waals surface area contributed by atoms with Crippen LogP contribution in [0.1, 0.15) is 65.2 Å². The first-order valence-corrected chi connectivity index (χ1v) is 12.4.